The lowest BCUT2D eigenvalue weighted by molar-refractivity contribution is -0.132. The van der Waals surface area contributed by atoms with Gasteiger partial charge < -0.3 is 14.6 Å². The van der Waals surface area contributed by atoms with Crippen LogP contribution in [0.15, 0.2) is 82.8 Å². The molecule has 1 unspecified atom stereocenters. The maximum absolute atomic E-state index is 13.9. The highest BCUT2D eigenvalue weighted by Crippen LogP contribution is 2.46. The number of hydrogen-bond acceptors (Lipinski definition) is 10. The first kappa shape index (κ1) is 31.3. The molecule has 5 aromatic rings. The number of fused-ring (bicyclic) bond motifs is 1. The topological polar surface area (TPSA) is 119 Å². The SMILES string of the molecule is CCCCOc1ccc(C2/C(=C(\O)c3c(C)nc4ccccn34)C(=O)C(=O)N2c2nnc(SCc3ccccc3)s2)cc1OCC. The van der Waals surface area contributed by atoms with Gasteiger partial charge in [-0.2, -0.15) is 0 Å². The van der Waals surface area contributed by atoms with Crippen molar-refractivity contribution in [1.29, 1.82) is 0 Å². The first-order chi connectivity index (χ1) is 22.4. The molecule has 6 rings (SSSR count). The van der Waals surface area contributed by atoms with E-state index >= 15 is 0 Å². The largest absolute Gasteiger partial charge is 0.505 e. The van der Waals surface area contributed by atoms with Gasteiger partial charge in [-0.25, -0.2) is 4.98 Å². The highest BCUT2D eigenvalue weighted by molar-refractivity contribution is 8.00. The van der Waals surface area contributed by atoms with E-state index in [4.69, 9.17) is 9.47 Å². The zero-order valence-corrected chi connectivity index (χ0v) is 27.3. The predicted octanol–water partition coefficient (Wildman–Crippen LogP) is 6.99. The number of aryl methyl sites for hydroxylation is 1. The second-order valence-electron chi connectivity index (χ2n) is 10.6. The number of unbranched alkanes of at least 4 members (excludes halogenated alkanes) is 1. The molecule has 1 N–H and O–H groups in total. The number of pyridine rings is 1. The zero-order valence-electron chi connectivity index (χ0n) is 25.7. The number of ether oxygens (including phenoxy) is 2. The number of ketones is 1. The molecule has 1 saturated heterocycles. The molecule has 1 aliphatic heterocycles. The number of aromatic nitrogens is 4. The molecule has 2 aromatic carbocycles. The van der Waals surface area contributed by atoms with Gasteiger partial charge in [0.2, 0.25) is 5.13 Å². The van der Waals surface area contributed by atoms with Gasteiger partial charge in [-0.15, -0.1) is 10.2 Å². The number of anilines is 1. The summed E-state index contributed by atoms with van der Waals surface area (Å²) in [6.07, 6.45) is 3.62. The molecule has 0 saturated carbocycles. The number of Topliss-reactive ketones (excluding diaryl/α,β-unsaturated/α-hetero) is 1. The molecule has 1 amide bonds. The van der Waals surface area contributed by atoms with Crippen LogP contribution < -0.4 is 14.4 Å². The number of aliphatic hydroxyl groups is 1. The summed E-state index contributed by atoms with van der Waals surface area (Å²) < 4.78 is 14.3. The van der Waals surface area contributed by atoms with Crippen LogP contribution in [0, 0.1) is 6.92 Å². The molecule has 46 heavy (non-hydrogen) atoms. The molecule has 0 radical (unpaired) electrons. The fourth-order valence-corrected chi connectivity index (χ4v) is 7.18. The molecule has 1 atom stereocenters. The van der Waals surface area contributed by atoms with Crippen molar-refractivity contribution in [2.75, 3.05) is 18.1 Å². The average Bonchev–Trinajstić information content (AvgIpc) is 3.74. The van der Waals surface area contributed by atoms with Gasteiger partial charge in [0, 0.05) is 11.9 Å². The van der Waals surface area contributed by atoms with Gasteiger partial charge in [0.25, 0.3) is 5.78 Å². The van der Waals surface area contributed by atoms with Crippen molar-refractivity contribution in [3.05, 3.63) is 101 Å². The fourth-order valence-electron chi connectivity index (χ4n) is 5.36. The van der Waals surface area contributed by atoms with Crippen LogP contribution >= 0.6 is 23.1 Å². The first-order valence-electron chi connectivity index (χ1n) is 15.1. The number of carbonyl (C=O) groups excluding carboxylic acids is 2. The normalized spacial score (nSPS) is 16.0. The Morgan fingerprint density at radius 2 is 1.80 bits per heavy atom. The monoisotopic (exact) mass is 655 g/mol. The molecule has 1 aliphatic rings. The third-order valence-electron chi connectivity index (χ3n) is 7.52. The Hall–Kier alpha value is -4.68. The van der Waals surface area contributed by atoms with Crippen LogP contribution in [0.1, 0.15) is 55.2 Å². The van der Waals surface area contributed by atoms with Crippen molar-refractivity contribution >= 4 is 51.3 Å². The van der Waals surface area contributed by atoms with Crippen LogP contribution in [0.4, 0.5) is 5.13 Å². The van der Waals surface area contributed by atoms with Gasteiger partial charge in [0.05, 0.1) is 30.5 Å². The Bertz CT molecular complexity index is 1920. The highest BCUT2D eigenvalue weighted by Gasteiger charge is 2.49. The highest BCUT2D eigenvalue weighted by atomic mass is 32.2. The van der Waals surface area contributed by atoms with E-state index < -0.39 is 17.7 Å². The summed E-state index contributed by atoms with van der Waals surface area (Å²) in [6, 6.07) is 19.7. The molecule has 3 aromatic heterocycles. The second kappa shape index (κ2) is 13.8. The molecule has 4 heterocycles. The van der Waals surface area contributed by atoms with Crippen molar-refractivity contribution in [1.82, 2.24) is 19.6 Å². The standard InChI is InChI=1S/C34H33N5O5S2/c1-4-6-18-44-24-16-15-23(19-25(24)43-5-2)29-27(30(40)28-21(3)35-26-14-10-11-17-38(26)28)31(41)32(42)39(29)33-36-37-34(46-33)45-20-22-12-8-7-9-13-22/h7-17,19,29,40H,4-6,18,20H2,1-3H3/b30-27+. The average molecular weight is 656 g/mol. The lowest BCUT2D eigenvalue weighted by atomic mass is 9.96. The number of benzene rings is 2. The van der Waals surface area contributed by atoms with E-state index in [1.807, 2.05) is 49.4 Å². The predicted molar refractivity (Wildman–Crippen MR) is 179 cm³/mol. The van der Waals surface area contributed by atoms with Crippen LogP contribution in [0.3, 0.4) is 0 Å². The third kappa shape index (κ3) is 6.10. The second-order valence-corrected chi connectivity index (χ2v) is 12.8. The van der Waals surface area contributed by atoms with Crippen molar-refractivity contribution in [2.45, 2.75) is 49.7 Å². The van der Waals surface area contributed by atoms with Crippen molar-refractivity contribution in [3.8, 4) is 11.5 Å². The van der Waals surface area contributed by atoms with E-state index in [2.05, 4.69) is 22.1 Å². The zero-order chi connectivity index (χ0) is 32.2. The van der Waals surface area contributed by atoms with Gasteiger partial charge in [-0.3, -0.25) is 18.9 Å². The number of amides is 1. The molecule has 236 valence electrons. The quantitative estimate of drug-likeness (QED) is 0.0379. The van der Waals surface area contributed by atoms with Crippen LogP contribution in [0.2, 0.25) is 0 Å². The van der Waals surface area contributed by atoms with Gasteiger partial charge in [0.15, 0.2) is 21.6 Å². The lowest BCUT2D eigenvalue weighted by Gasteiger charge is -2.23. The summed E-state index contributed by atoms with van der Waals surface area (Å²) >= 11 is 2.71. The molecular weight excluding hydrogens is 623 g/mol. The Kier molecular flexibility index (Phi) is 9.36. The summed E-state index contributed by atoms with van der Waals surface area (Å²) in [6.45, 7) is 6.62. The first-order valence-corrected chi connectivity index (χ1v) is 16.9. The number of hydrogen-bond donors (Lipinski definition) is 1. The smallest absolute Gasteiger partial charge is 0.301 e. The number of aliphatic hydroxyl groups excluding tert-OH is 1. The van der Waals surface area contributed by atoms with Gasteiger partial charge in [-0.05, 0) is 55.7 Å². The van der Waals surface area contributed by atoms with E-state index in [1.165, 1.54) is 28.0 Å². The molecule has 10 nitrogen and oxygen atoms in total. The number of nitrogens with zero attached hydrogens (tertiary/aromatic N) is 5. The maximum Gasteiger partial charge on any atom is 0.301 e. The molecule has 12 heteroatoms. The summed E-state index contributed by atoms with van der Waals surface area (Å²) in [5, 5.41) is 20.8. The van der Waals surface area contributed by atoms with E-state index in [0.717, 1.165) is 18.4 Å². The molecular formula is C34H33N5O5S2. The van der Waals surface area contributed by atoms with Crippen molar-refractivity contribution < 1.29 is 24.2 Å². The summed E-state index contributed by atoms with van der Waals surface area (Å²) in [7, 11) is 0. The molecule has 0 bridgehead atoms. The molecule has 0 aliphatic carbocycles. The van der Waals surface area contributed by atoms with Gasteiger partial charge in [0.1, 0.15) is 11.3 Å². The summed E-state index contributed by atoms with van der Waals surface area (Å²) in [5.74, 6) is -0.264. The molecule has 0 spiro atoms. The van der Waals surface area contributed by atoms with Crippen LogP contribution in [-0.2, 0) is 15.3 Å². The maximum atomic E-state index is 13.9. The Labute approximate surface area is 274 Å². The van der Waals surface area contributed by atoms with Crippen LogP contribution in [-0.4, -0.2) is 49.6 Å². The lowest BCUT2D eigenvalue weighted by Crippen LogP contribution is -2.29. The van der Waals surface area contributed by atoms with Crippen LogP contribution in [0.5, 0.6) is 11.5 Å². The number of rotatable bonds is 12. The summed E-state index contributed by atoms with van der Waals surface area (Å²) in [4.78, 5) is 33.6. The number of imidazole rings is 1. The third-order valence-corrected chi connectivity index (χ3v) is 9.65. The van der Waals surface area contributed by atoms with Gasteiger partial charge >= 0.3 is 5.91 Å². The summed E-state index contributed by atoms with van der Waals surface area (Å²) in [5.41, 5.74) is 3.04. The van der Waals surface area contributed by atoms with Crippen molar-refractivity contribution in [2.24, 2.45) is 0 Å². The van der Waals surface area contributed by atoms with Crippen LogP contribution in [0.25, 0.3) is 11.4 Å². The Morgan fingerprint density at radius 1 is 1.00 bits per heavy atom. The van der Waals surface area contributed by atoms with E-state index in [-0.39, 0.29) is 16.5 Å². The van der Waals surface area contributed by atoms with E-state index in [9.17, 15) is 14.7 Å². The number of thioether (sulfide) groups is 1. The molecule has 1 fully saturated rings. The minimum atomic E-state index is -1.02. The minimum Gasteiger partial charge on any atom is -0.505 e. The fraction of sp³-hybridized carbons (Fsp3) is 0.265. The Balaban J connectivity index is 1.46. The Morgan fingerprint density at radius 3 is 2.59 bits per heavy atom. The van der Waals surface area contributed by atoms with Gasteiger partial charge in [-0.1, -0.05) is 78.9 Å². The van der Waals surface area contributed by atoms with Crippen molar-refractivity contribution in [3.63, 3.8) is 0 Å². The van der Waals surface area contributed by atoms with E-state index in [1.54, 1.807) is 41.8 Å². The number of carbonyl (C=O) groups is 2. The van der Waals surface area contributed by atoms with E-state index in [0.29, 0.717) is 57.4 Å². The minimum absolute atomic E-state index is 0.0745.